The van der Waals surface area contributed by atoms with E-state index in [2.05, 4.69) is 0 Å². The van der Waals surface area contributed by atoms with Crippen LogP contribution in [0.2, 0.25) is 0 Å². The Hall–Kier alpha value is -1.70. The highest BCUT2D eigenvalue weighted by molar-refractivity contribution is 6.14. The summed E-state index contributed by atoms with van der Waals surface area (Å²) in [6, 6.07) is 7.68. The summed E-state index contributed by atoms with van der Waals surface area (Å²) in [5.41, 5.74) is 2.06. The third-order valence-corrected chi connectivity index (χ3v) is 3.02. The Bertz CT molecular complexity index is 428. The number of benzene rings is 1. The largest absolute Gasteiger partial charge is 0.294 e. The van der Waals surface area contributed by atoms with Crippen molar-refractivity contribution in [1.82, 2.24) is 0 Å². The fourth-order valence-electron chi connectivity index (χ4n) is 2.35. The van der Waals surface area contributed by atoms with Gasteiger partial charge in [0.1, 0.15) is 0 Å². The molecule has 1 aromatic carbocycles. The summed E-state index contributed by atoms with van der Waals surface area (Å²) in [7, 11) is 0. The Balaban J connectivity index is 2.19. The molecule has 0 saturated carbocycles. The molecule has 0 amide bonds. The molecule has 1 aromatic rings. The summed E-state index contributed by atoms with van der Waals surface area (Å²) in [5, 5.41) is 0. The number of hydrogen-bond donors (Lipinski definition) is 0. The minimum atomic E-state index is -0.191. The first-order valence-corrected chi connectivity index (χ1v) is 4.63. The number of allylic oxidation sites excluding steroid dienone is 2. The molecular formula is C12H8O2. The topological polar surface area (TPSA) is 34.1 Å². The summed E-state index contributed by atoms with van der Waals surface area (Å²) in [6.07, 6.45) is 2.80. The predicted octanol–water partition coefficient (Wildman–Crippen LogP) is 1.58. The molecular weight excluding hydrogens is 176 g/mol. The number of fused-ring (bicyclic) bond motifs is 4. The molecule has 2 atom stereocenters. The van der Waals surface area contributed by atoms with E-state index in [4.69, 9.17) is 0 Å². The fourth-order valence-corrected chi connectivity index (χ4v) is 2.35. The van der Waals surface area contributed by atoms with Gasteiger partial charge in [-0.15, -0.1) is 0 Å². The summed E-state index contributed by atoms with van der Waals surface area (Å²) < 4.78 is 0. The van der Waals surface area contributed by atoms with Crippen molar-refractivity contribution >= 4 is 11.6 Å². The number of carbonyl (C=O) groups is 2. The minimum absolute atomic E-state index is 0.0632. The third kappa shape index (κ3) is 0.757. The number of rotatable bonds is 0. The van der Waals surface area contributed by atoms with E-state index in [0.29, 0.717) is 0 Å². The molecule has 0 unspecified atom stereocenters. The lowest BCUT2D eigenvalue weighted by Crippen LogP contribution is -2.37. The Morgan fingerprint density at radius 2 is 1.21 bits per heavy atom. The van der Waals surface area contributed by atoms with Crippen LogP contribution in [0.4, 0.5) is 0 Å². The average molecular weight is 184 g/mol. The molecule has 0 aromatic heterocycles. The average Bonchev–Trinajstić information content (AvgIpc) is 2.16. The SMILES string of the molecule is O=C1C=CC(=O)[C@H]2c3ccccc3[C@@H]12. The molecule has 0 aliphatic heterocycles. The van der Waals surface area contributed by atoms with Crippen molar-refractivity contribution in [3.05, 3.63) is 47.5 Å². The van der Waals surface area contributed by atoms with Crippen molar-refractivity contribution in [2.45, 2.75) is 11.8 Å². The van der Waals surface area contributed by atoms with E-state index < -0.39 is 0 Å². The summed E-state index contributed by atoms with van der Waals surface area (Å²) in [5.74, 6) is -0.256. The van der Waals surface area contributed by atoms with Crippen LogP contribution in [0, 0.1) is 0 Å². The lowest BCUT2D eigenvalue weighted by Gasteiger charge is -2.38. The Labute approximate surface area is 81.2 Å². The van der Waals surface area contributed by atoms with E-state index >= 15 is 0 Å². The van der Waals surface area contributed by atoms with Crippen LogP contribution >= 0.6 is 0 Å². The highest BCUT2D eigenvalue weighted by Crippen LogP contribution is 2.49. The van der Waals surface area contributed by atoms with Crippen LogP contribution in [0.1, 0.15) is 23.0 Å². The van der Waals surface area contributed by atoms with Crippen molar-refractivity contribution < 1.29 is 9.59 Å². The first-order valence-electron chi connectivity index (χ1n) is 4.63. The van der Waals surface area contributed by atoms with Gasteiger partial charge < -0.3 is 0 Å². The van der Waals surface area contributed by atoms with E-state index in [-0.39, 0.29) is 23.4 Å². The van der Waals surface area contributed by atoms with Crippen molar-refractivity contribution in [2.75, 3.05) is 0 Å². The van der Waals surface area contributed by atoms with Gasteiger partial charge in [-0.2, -0.15) is 0 Å². The highest BCUT2D eigenvalue weighted by atomic mass is 16.1. The zero-order valence-electron chi connectivity index (χ0n) is 7.44. The minimum Gasteiger partial charge on any atom is -0.294 e. The molecule has 0 spiro atoms. The van der Waals surface area contributed by atoms with E-state index in [0.717, 1.165) is 11.1 Å². The molecule has 2 heteroatoms. The third-order valence-electron chi connectivity index (χ3n) is 3.02. The highest BCUT2D eigenvalue weighted by Gasteiger charge is 2.46. The Morgan fingerprint density at radius 1 is 0.786 bits per heavy atom. The van der Waals surface area contributed by atoms with Crippen LogP contribution in [0.3, 0.4) is 0 Å². The van der Waals surface area contributed by atoms with Crippen LogP contribution in [0.5, 0.6) is 0 Å². The van der Waals surface area contributed by atoms with Gasteiger partial charge in [0.15, 0.2) is 11.6 Å². The van der Waals surface area contributed by atoms with Crippen molar-refractivity contribution in [2.24, 2.45) is 0 Å². The number of hydrogen-bond acceptors (Lipinski definition) is 2. The van der Waals surface area contributed by atoms with Crippen LogP contribution in [-0.4, -0.2) is 11.6 Å². The van der Waals surface area contributed by atoms with E-state index in [1.54, 1.807) is 0 Å². The molecule has 2 nitrogen and oxygen atoms in total. The number of carbonyl (C=O) groups excluding carboxylic acids is 2. The van der Waals surface area contributed by atoms with E-state index in [1.165, 1.54) is 12.2 Å². The van der Waals surface area contributed by atoms with Crippen LogP contribution in [0.25, 0.3) is 0 Å². The maximum Gasteiger partial charge on any atom is 0.164 e. The smallest absolute Gasteiger partial charge is 0.164 e. The quantitative estimate of drug-likeness (QED) is 0.613. The molecule has 3 rings (SSSR count). The lowest BCUT2D eigenvalue weighted by molar-refractivity contribution is -0.125. The van der Waals surface area contributed by atoms with Gasteiger partial charge >= 0.3 is 0 Å². The molecule has 0 radical (unpaired) electrons. The predicted molar refractivity (Wildman–Crippen MR) is 51.1 cm³/mol. The maximum absolute atomic E-state index is 11.5. The van der Waals surface area contributed by atoms with Gasteiger partial charge in [-0.1, -0.05) is 24.3 Å². The Kier molecular flexibility index (Phi) is 1.32. The maximum atomic E-state index is 11.5. The Morgan fingerprint density at radius 3 is 1.64 bits per heavy atom. The molecule has 14 heavy (non-hydrogen) atoms. The summed E-state index contributed by atoms with van der Waals surface area (Å²) >= 11 is 0. The molecule has 0 bridgehead atoms. The van der Waals surface area contributed by atoms with Crippen molar-refractivity contribution in [1.29, 1.82) is 0 Å². The van der Waals surface area contributed by atoms with Crippen molar-refractivity contribution in [3.8, 4) is 0 Å². The van der Waals surface area contributed by atoms with E-state index in [9.17, 15) is 9.59 Å². The van der Waals surface area contributed by atoms with Crippen LogP contribution in [0.15, 0.2) is 36.4 Å². The first-order chi connectivity index (χ1) is 6.79. The van der Waals surface area contributed by atoms with Gasteiger partial charge in [0.05, 0.1) is 11.8 Å². The second-order valence-electron chi connectivity index (χ2n) is 3.72. The zero-order chi connectivity index (χ0) is 9.71. The lowest BCUT2D eigenvalue weighted by atomic mass is 9.62. The summed E-state index contributed by atoms with van der Waals surface area (Å²) in [6.45, 7) is 0. The molecule has 2 aliphatic carbocycles. The fraction of sp³-hybridized carbons (Fsp3) is 0.167. The van der Waals surface area contributed by atoms with Crippen molar-refractivity contribution in [3.63, 3.8) is 0 Å². The van der Waals surface area contributed by atoms with Crippen LogP contribution in [-0.2, 0) is 9.59 Å². The molecule has 0 fully saturated rings. The molecule has 2 aliphatic rings. The van der Waals surface area contributed by atoms with Gasteiger partial charge in [0, 0.05) is 0 Å². The van der Waals surface area contributed by atoms with Gasteiger partial charge in [0.2, 0.25) is 0 Å². The normalized spacial score (nSPS) is 28.0. The molecule has 68 valence electrons. The van der Waals surface area contributed by atoms with Gasteiger partial charge in [-0.05, 0) is 23.3 Å². The standard InChI is InChI=1S/C12H8O2/c13-9-5-6-10(14)12-8-4-2-1-3-7(8)11(9)12/h1-6,11-12H/t11-,12+. The van der Waals surface area contributed by atoms with Gasteiger partial charge in [-0.25, -0.2) is 0 Å². The van der Waals surface area contributed by atoms with Gasteiger partial charge in [0.25, 0.3) is 0 Å². The molecule has 0 saturated heterocycles. The second-order valence-corrected chi connectivity index (χ2v) is 3.72. The van der Waals surface area contributed by atoms with Gasteiger partial charge in [-0.3, -0.25) is 9.59 Å². The molecule has 0 heterocycles. The summed E-state index contributed by atoms with van der Waals surface area (Å²) in [4.78, 5) is 23.1. The second kappa shape index (κ2) is 2.41. The first kappa shape index (κ1) is 7.68. The monoisotopic (exact) mass is 184 g/mol. The molecule has 0 N–H and O–H groups in total. The van der Waals surface area contributed by atoms with E-state index in [1.807, 2.05) is 24.3 Å². The zero-order valence-corrected chi connectivity index (χ0v) is 7.44. The van der Waals surface area contributed by atoms with Crippen LogP contribution < -0.4 is 0 Å². The number of ketones is 2.